The van der Waals surface area contributed by atoms with Gasteiger partial charge in [0.2, 0.25) is 11.6 Å². The molecule has 0 spiro atoms. The van der Waals surface area contributed by atoms with Crippen LogP contribution < -0.4 is 0 Å². The summed E-state index contributed by atoms with van der Waals surface area (Å²) in [7, 11) is 0. The van der Waals surface area contributed by atoms with Gasteiger partial charge >= 0.3 is 0 Å². The molecule has 3 aromatic heterocycles. The van der Waals surface area contributed by atoms with Gasteiger partial charge in [-0.25, -0.2) is 4.98 Å². The molecule has 6 nitrogen and oxygen atoms in total. The van der Waals surface area contributed by atoms with Gasteiger partial charge in [-0.15, -0.1) is 11.3 Å². The number of aliphatic hydroxyl groups is 1. The first-order valence-electron chi connectivity index (χ1n) is 5.68. The Morgan fingerprint density at radius 2 is 2.35 bits per heavy atom. The van der Waals surface area contributed by atoms with E-state index >= 15 is 0 Å². The number of ketones is 1. The number of rotatable bonds is 4. The van der Waals surface area contributed by atoms with Crippen molar-refractivity contribution in [3.63, 3.8) is 0 Å². The van der Waals surface area contributed by atoms with E-state index in [4.69, 9.17) is 4.42 Å². The maximum absolute atomic E-state index is 12.1. The zero-order valence-corrected chi connectivity index (χ0v) is 10.9. The average molecular weight is 287 g/mol. The number of carbonyl (C=O) groups is 1. The molecule has 0 bridgehead atoms. The van der Waals surface area contributed by atoms with Crippen molar-refractivity contribution in [2.75, 3.05) is 0 Å². The molecule has 3 rings (SSSR count). The van der Waals surface area contributed by atoms with Gasteiger partial charge in [0.1, 0.15) is 6.33 Å². The van der Waals surface area contributed by atoms with Crippen LogP contribution in [0.15, 0.2) is 46.7 Å². The number of H-pyrrole nitrogens is 1. The van der Waals surface area contributed by atoms with E-state index < -0.39 is 5.78 Å². The van der Waals surface area contributed by atoms with Gasteiger partial charge in [0, 0.05) is 16.5 Å². The molecular weight excluding hydrogens is 278 g/mol. The molecule has 0 saturated heterocycles. The quantitative estimate of drug-likeness (QED) is 0.437. The third-order valence-electron chi connectivity index (χ3n) is 2.59. The highest BCUT2D eigenvalue weighted by Crippen LogP contribution is 2.29. The number of hydrogen-bond acceptors (Lipinski definition) is 6. The number of nitrogens with zero attached hydrogens (tertiary/aromatic N) is 2. The highest BCUT2D eigenvalue weighted by Gasteiger charge is 2.17. The van der Waals surface area contributed by atoms with Crippen molar-refractivity contribution in [1.29, 1.82) is 0 Å². The van der Waals surface area contributed by atoms with Crippen molar-refractivity contribution < 1.29 is 14.3 Å². The molecule has 0 saturated carbocycles. The van der Waals surface area contributed by atoms with Crippen LogP contribution in [0.25, 0.3) is 16.2 Å². The normalized spacial score (nSPS) is 11.7. The summed E-state index contributed by atoms with van der Waals surface area (Å²) in [6, 6.07) is 5.50. The summed E-state index contributed by atoms with van der Waals surface area (Å²) in [5, 5.41) is 17.8. The monoisotopic (exact) mass is 287 g/mol. The summed E-state index contributed by atoms with van der Waals surface area (Å²) in [6.07, 6.45) is 3.80. The lowest BCUT2D eigenvalue weighted by molar-refractivity contribution is 0.102. The molecule has 100 valence electrons. The van der Waals surface area contributed by atoms with E-state index in [0.717, 1.165) is 11.0 Å². The second-order valence-electron chi connectivity index (χ2n) is 3.86. The van der Waals surface area contributed by atoms with Crippen LogP contribution in [0.4, 0.5) is 0 Å². The lowest BCUT2D eigenvalue weighted by Crippen LogP contribution is -1.97. The van der Waals surface area contributed by atoms with Crippen LogP contribution in [0.1, 0.15) is 16.4 Å². The van der Waals surface area contributed by atoms with E-state index in [1.165, 1.54) is 23.9 Å². The van der Waals surface area contributed by atoms with Crippen LogP contribution in [0, 0.1) is 0 Å². The van der Waals surface area contributed by atoms with E-state index in [-0.39, 0.29) is 17.3 Å². The number of aliphatic hydroxyl groups excluding tert-OH is 1. The Morgan fingerprint density at radius 1 is 1.45 bits per heavy atom. The number of thiophene rings is 1. The first-order chi connectivity index (χ1) is 9.75. The second-order valence-corrected chi connectivity index (χ2v) is 4.80. The first-order valence-corrected chi connectivity index (χ1v) is 6.56. The molecule has 2 N–H and O–H groups in total. The maximum atomic E-state index is 12.1. The van der Waals surface area contributed by atoms with Gasteiger partial charge < -0.3 is 9.52 Å². The molecule has 0 aromatic carbocycles. The van der Waals surface area contributed by atoms with Gasteiger partial charge in [-0.05, 0) is 17.5 Å². The standard InChI is InChI=1S/C13H9N3O3S/c17-9(6-10(18)13-14-7-15-16-13)12-8(3-4-19-12)11-2-1-5-20-11/h1-7,18H,(H,14,15,16). The lowest BCUT2D eigenvalue weighted by Gasteiger charge is -1.97. The van der Waals surface area contributed by atoms with Crippen LogP contribution in [0.3, 0.4) is 0 Å². The van der Waals surface area contributed by atoms with Crippen molar-refractivity contribution >= 4 is 22.9 Å². The number of nitrogens with one attached hydrogen (secondary N) is 1. The molecule has 0 atom stereocenters. The fourth-order valence-electron chi connectivity index (χ4n) is 1.71. The fourth-order valence-corrected chi connectivity index (χ4v) is 2.46. The molecule has 3 aromatic rings. The Balaban J connectivity index is 1.93. The van der Waals surface area contributed by atoms with Gasteiger partial charge in [0.05, 0.1) is 6.26 Å². The number of carbonyl (C=O) groups excluding carboxylic acids is 1. The van der Waals surface area contributed by atoms with Gasteiger partial charge in [-0.1, -0.05) is 6.07 Å². The van der Waals surface area contributed by atoms with E-state index in [2.05, 4.69) is 15.2 Å². The molecule has 20 heavy (non-hydrogen) atoms. The summed E-state index contributed by atoms with van der Waals surface area (Å²) in [5.74, 6) is -0.525. The molecule has 0 aliphatic rings. The number of furan rings is 1. The van der Waals surface area contributed by atoms with Crippen LogP contribution in [-0.2, 0) is 0 Å². The number of aromatic nitrogens is 3. The van der Waals surface area contributed by atoms with Crippen LogP contribution in [0.2, 0.25) is 0 Å². The molecule has 0 unspecified atom stereocenters. The van der Waals surface area contributed by atoms with E-state index in [0.29, 0.717) is 5.56 Å². The summed E-state index contributed by atoms with van der Waals surface area (Å²) in [5.41, 5.74) is 0.698. The molecule has 0 radical (unpaired) electrons. The topological polar surface area (TPSA) is 92.0 Å². The fraction of sp³-hybridized carbons (Fsp3) is 0. The van der Waals surface area contributed by atoms with Crippen molar-refractivity contribution in [1.82, 2.24) is 15.2 Å². The Labute approximate surface area is 117 Å². The van der Waals surface area contributed by atoms with Crippen LogP contribution >= 0.6 is 11.3 Å². The zero-order valence-electron chi connectivity index (χ0n) is 10.1. The SMILES string of the molecule is O=C(C=C(O)c1nc[nH]n1)c1occc1-c1cccs1. The molecule has 0 amide bonds. The Bertz CT molecular complexity index is 742. The van der Waals surface area contributed by atoms with Gasteiger partial charge in [0.25, 0.3) is 0 Å². The third-order valence-corrected chi connectivity index (χ3v) is 3.49. The molecule has 0 aliphatic heterocycles. The number of hydrogen-bond donors (Lipinski definition) is 2. The maximum Gasteiger partial charge on any atom is 0.225 e. The van der Waals surface area contributed by atoms with Crippen LogP contribution in [0.5, 0.6) is 0 Å². The highest BCUT2D eigenvalue weighted by atomic mass is 32.1. The molecule has 0 aliphatic carbocycles. The van der Waals surface area contributed by atoms with Gasteiger partial charge in [-0.3, -0.25) is 9.89 Å². The smallest absolute Gasteiger partial charge is 0.225 e. The van der Waals surface area contributed by atoms with Gasteiger partial charge in [-0.2, -0.15) is 5.10 Å². The van der Waals surface area contributed by atoms with Crippen LogP contribution in [-0.4, -0.2) is 26.1 Å². The molecule has 7 heteroatoms. The molecule has 3 heterocycles. The number of allylic oxidation sites excluding steroid dienone is 1. The Hall–Kier alpha value is -2.67. The zero-order chi connectivity index (χ0) is 13.9. The molecule has 0 fully saturated rings. The predicted octanol–water partition coefficient (Wildman–Crippen LogP) is 2.91. The third kappa shape index (κ3) is 2.26. The lowest BCUT2D eigenvalue weighted by atomic mass is 10.1. The number of aromatic amines is 1. The van der Waals surface area contributed by atoms with Gasteiger partial charge in [0.15, 0.2) is 11.5 Å². The highest BCUT2D eigenvalue weighted by molar-refractivity contribution is 7.13. The minimum absolute atomic E-state index is 0.0579. The van der Waals surface area contributed by atoms with E-state index in [9.17, 15) is 9.90 Å². The van der Waals surface area contributed by atoms with Crippen molar-refractivity contribution in [2.24, 2.45) is 0 Å². The van der Waals surface area contributed by atoms with Crippen molar-refractivity contribution in [3.8, 4) is 10.4 Å². The van der Waals surface area contributed by atoms with Crippen molar-refractivity contribution in [2.45, 2.75) is 0 Å². The minimum Gasteiger partial charge on any atom is -0.504 e. The van der Waals surface area contributed by atoms with Crippen molar-refractivity contribution in [3.05, 3.63) is 53.8 Å². The largest absolute Gasteiger partial charge is 0.504 e. The Morgan fingerprint density at radius 3 is 3.05 bits per heavy atom. The second kappa shape index (κ2) is 5.14. The average Bonchev–Trinajstić information content (AvgIpc) is 3.19. The predicted molar refractivity (Wildman–Crippen MR) is 73.3 cm³/mol. The first kappa shape index (κ1) is 12.4. The summed E-state index contributed by atoms with van der Waals surface area (Å²) >= 11 is 1.50. The minimum atomic E-state index is -0.444. The van der Waals surface area contributed by atoms with E-state index in [1.807, 2.05) is 17.5 Å². The van der Waals surface area contributed by atoms with E-state index in [1.54, 1.807) is 6.07 Å². The molecular formula is C13H9N3O3S. The summed E-state index contributed by atoms with van der Waals surface area (Å²) in [4.78, 5) is 16.8. The Kier molecular flexibility index (Phi) is 3.18. The summed E-state index contributed by atoms with van der Waals surface area (Å²) in [6.45, 7) is 0. The summed E-state index contributed by atoms with van der Waals surface area (Å²) < 4.78 is 5.22.